The number of benzene rings is 2. The van der Waals surface area contributed by atoms with Crippen LogP contribution in [-0.2, 0) is 20.8 Å². The highest BCUT2D eigenvalue weighted by molar-refractivity contribution is 5.88. The molecule has 8 atom stereocenters. The highest BCUT2D eigenvalue weighted by atomic mass is 16.3. The number of nitrogens with zero attached hydrogens (tertiary/aromatic N) is 3. The first-order valence-corrected chi connectivity index (χ1v) is 19.1. The molecule has 2 aromatic carbocycles. The van der Waals surface area contributed by atoms with Gasteiger partial charge in [-0.2, -0.15) is 0 Å². The number of likely N-dealkylation sites (tertiary alicyclic amines) is 2. The Labute approximate surface area is 292 Å². The van der Waals surface area contributed by atoms with Crippen LogP contribution in [0.3, 0.4) is 0 Å². The fraction of sp³-hybridized carbons (Fsp3) is 0.659. The third-order valence-corrected chi connectivity index (χ3v) is 14.1. The van der Waals surface area contributed by atoms with E-state index in [4.69, 9.17) is 0 Å². The van der Waals surface area contributed by atoms with Crippen molar-refractivity contribution in [3.8, 4) is 0 Å². The molecule has 2 heterocycles. The van der Waals surface area contributed by atoms with E-state index in [0.29, 0.717) is 73.9 Å². The van der Waals surface area contributed by atoms with E-state index in [1.54, 1.807) is 0 Å². The van der Waals surface area contributed by atoms with Crippen LogP contribution in [0.5, 0.6) is 0 Å². The highest BCUT2D eigenvalue weighted by Gasteiger charge is 2.61. The molecule has 2 saturated heterocycles. The summed E-state index contributed by atoms with van der Waals surface area (Å²) in [4.78, 5) is 35.0. The van der Waals surface area contributed by atoms with Crippen molar-refractivity contribution in [1.29, 1.82) is 0 Å². The van der Waals surface area contributed by atoms with Crippen molar-refractivity contribution in [3.05, 3.63) is 70.8 Å². The molecule has 0 radical (unpaired) electrons. The van der Waals surface area contributed by atoms with E-state index in [2.05, 4.69) is 43.4 Å². The lowest BCUT2D eigenvalue weighted by molar-refractivity contribution is -0.160. The third-order valence-electron chi connectivity index (χ3n) is 14.1. The van der Waals surface area contributed by atoms with Crippen LogP contribution in [0, 0.1) is 42.4 Å². The van der Waals surface area contributed by atoms with Gasteiger partial charge in [0, 0.05) is 50.1 Å². The molecule has 49 heavy (non-hydrogen) atoms. The first-order valence-electron chi connectivity index (χ1n) is 19.1. The molecule has 264 valence electrons. The standard InChI is InChI=1S/C41H56N4O4/c1-25-15-17-30(41(49,28-13-9-6-10-14-28)39(47)44-21-32-33(22-44)36(32)42-2)20-31(25)26-16-18-29(19-26)40(48,27-11-7-5-8-12-27)38(46)45-23-34-35(24-45)37(34)43(3)4/h5,7-8,11-12,15,17,20,26,28-29,32-37,42,48-49H,6,9-10,13-14,16,18-19,21-24H2,1-4H3. The number of aliphatic hydroxyl groups is 2. The van der Waals surface area contributed by atoms with Crippen LogP contribution in [0.25, 0.3) is 0 Å². The Morgan fingerprint density at radius 2 is 1.35 bits per heavy atom. The second-order valence-electron chi connectivity index (χ2n) is 16.9. The maximum Gasteiger partial charge on any atom is 0.259 e. The van der Waals surface area contributed by atoms with Gasteiger partial charge < -0.3 is 30.2 Å². The summed E-state index contributed by atoms with van der Waals surface area (Å²) in [5, 5.41) is 28.7. The quantitative estimate of drug-likeness (QED) is 0.371. The van der Waals surface area contributed by atoms with E-state index in [-0.39, 0.29) is 29.6 Å². The molecule has 8 heteroatoms. The molecule has 8 rings (SSSR count). The summed E-state index contributed by atoms with van der Waals surface area (Å²) in [6.45, 7) is 4.97. The zero-order chi connectivity index (χ0) is 34.2. The molecular formula is C41H56N4O4. The Hall–Kier alpha value is -2.78. The second kappa shape index (κ2) is 12.5. The summed E-state index contributed by atoms with van der Waals surface area (Å²) in [6.07, 6.45) is 7.21. The van der Waals surface area contributed by atoms with Crippen LogP contribution in [0.15, 0.2) is 48.5 Å². The largest absolute Gasteiger partial charge is 0.375 e. The van der Waals surface area contributed by atoms with Gasteiger partial charge in [0.1, 0.15) is 0 Å². The van der Waals surface area contributed by atoms with Crippen molar-refractivity contribution in [2.24, 2.45) is 35.5 Å². The minimum absolute atomic E-state index is 0.0998. The predicted octanol–water partition coefficient (Wildman–Crippen LogP) is 4.23. The van der Waals surface area contributed by atoms with E-state index in [9.17, 15) is 19.8 Å². The van der Waals surface area contributed by atoms with Gasteiger partial charge in [0.25, 0.3) is 11.8 Å². The van der Waals surface area contributed by atoms with Gasteiger partial charge in [0.2, 0.25) is 0 Å². The van der Waals surface area contributed by atoms with Gasteiger partial charge in [-0.1, -0.05) is 67.8 Å². The minimum Gasteiger partial charge on any atom is -0.375 e. The molecule has 0 spiro atoms. The van der Waals surface area contributed by atoms with Crippen molar-refractivity contribution in [2.45, 2.75) is 87.5 Å². The lowest BCUT2D eigenvalue weighted by atomic mass is 9.71. The summed E-state index contributed by atoms with van der Waals surface area (Å²) in [5.74, 6) is 1.47. The highest BCUT2D eigenvalue weighted by Crippen LogP contribution is 2.53. The van der Waals surface area contributed by atoms with E-state index in [1.807, 2.05) is 53.2 Å². The Bertz CT molecular complexity index is 1550. The zero-order valence-electron chi connectivity index (χ0n) is 29.9. The summed E-state index contributed by atoms with van der Waals surface area (Å²) in [7, 11) is 6.23. The Morgan fingerprint density at radius 3 is 1.94 bits per heavy atom. The van der Waals surface area contributed by atoms with Gasteiger partial charge in [0.05, 0.1) is 0 Å². The summed E-state index contributed by atoms with van der Waals surface area (Å²) in [5.41, 5.74) is 0.542. The number of hydrogen-bond acceptors (Lipinski definition) is 6. The lowest BCUT2D eigenvalue weighted by Crippen LogP contribution is -2.52. The van der Waals surface area contributed by atoms with Crippen molar-refractivity contribution >= 4 is 11.8 Å². The van der Waals surface area contributed by atoms with Crippen LogP contribution in [0.2, 0.25) is 0 Å². The van der Waals surface area contributed by atoms with Gasteiger partial charge in [-0.25, -0.2) is 0 Å². The first kappa shape index (κ1) is 33.4. The van der Waals surface area contributed by atoms with Crippen LogP contribution < -0.4 is 5.32 Å². The smallest absolute Gasteiger partial charge is 0.259 e. The number of amides is 2. The van der Waals surface area contributed by atoms with Gasteiger partial charge in [0.15, 0.2) is 11.2 Å². The molecule has 2 amide bonds. The Balaban J connectivity index is 1.06. The van der Waals surface area contributed by atoms with Crippen LogP contribution >= 0.6 is 0 Å². The predicted molar refractivity (Wildman–Crippen MR) is 190 cm³/mol. The number of nitrogens with one attached hydrogen (secondary N) is 1. The molecule has 2 aliphatic heterocycles. The van der Waals surface area contributed by atoms with Crippen molar-refractivity contribution in [1.82, 2.24) is 20.0 Å². The molecule has 6 aliphatic rings. The second-order valence-corrected chi connectivity index (χ2v) is 16.9. The van der Waals surface area contributed by atoms with Gasteiger partial charge in [-0.05, 0) is 112 Å². The van der Waals surface area contributed by atoms with Crippen molar-refractivity contribution < 1.29 is 19.8 Å². The maximum atomic E-state index is 14.4. The fourth-order valence-corrected chi connectivity index (χ4v) is 11.3. The van der Waals surface area contributed by atoms with Gasteiger partial charge in [-0.15, -0.1) is 0 Å². The average Bonchev–Trinajstić information content (AvgIpc) is 3.63. The molecule has 6 fully saturated rings. The van der Waals surface area contributed by atoms with Gasteiger partial charge in [-0.3, -0.25) is 9.59 Å². The van der Waals surface area contributed by atoms with Crippen molar-refractivity contribution in [3.63, 3.8) is 0 Å². The molecule has 3 N–H and O–H groups in total. The monoisotopic (exact) mass is 668 g/mol. The van der Waals surface area contributed by atoms with E-state index >= 15 is 0 Å². The van der Waals surface area contributed by atoms with Crippen LogP contribution in [0.4, 0.5) is 0 Å². The fourth-order valence-electron chi connectivity index (χ4n) is 11.3. The van der Waals surface area contributed by atoms with Gasteiger partial charge >= 0.3 is 0 Å². The molecule has 8 nitrogen and oxygen atoms in total. The zero-order valence-corrected chi connectivity index (χ0v) is 29.9. The number of aryl methyl sites for hydroxylation is 1. The number of fused-ring (bicyclic) bond motifs is 2. The molecule has 8 unspecified atom stereocenters. The molecule has 0 aromatic heterocycles. The third kappa shape index (κ3) is 5.39. The molecule has 4 aliphatic carbocycles. The summed E-state index contributed by atoms with van der Waals surface area (Å²) >= 11 is 0. The first-order chi connectivity index (χ1) is 23.6. The number of carbonyl (C=O) groups excluding carboxylic acids is 2. The summed E-state index contributed by atoms with van der Waals surface area (Å²) < 4.78 is 0. The molecule has 4 saturated carbocycles. The molecule has 0 bridgehead atoms. The minimum atomic E-state index is -1.59. The topological polar surface area (TPSA) is 96.3 Å². The van der Waals surface area contributed by atoms with Crippen LogP contribution in [0.1, 0.15) is 79.5 Å². The van der Waals surface area contributed by atoms with E-state index in [0.717, 1.165) is 61.6 Å². The Kier molecular flexibility index (Phi) is 8.49. The number of rotatable bonds is 9. The number of carbonyl (C=O) groups is 2. The van der Waals surface area contributed by atoms with E-state index in [1.165, 1.54) is 0 Å². The number of hydrogen-bond donors (Lipinski definition) is 3. The molecule has 2 aromatic rings. The maximum absolute atomic E-state index is 14.4. The van der Waals surface area contributed by atoms with Crippen LogP contribution in [-0.4, -0.2) is 96.1 Å². The average molecular weight is 669 g/mol. The normalized spacial score (nSPS) is 34.8. The van der Waals surface area contributed by atoms with E-state index < -0.39 is 11.2 Å². The SMILES string of the molecule is CNC1C2CN(C(=O)C(O)(c3ccc(C)c(C4CCC(C(O)(C(=O)N5CC6C(C5)C6N(C)C)c5ccccc5)C4)c3)C3CCCCC3)CC21. The summed E-state index contributed by atoms with van der Waals surface area (Å²) in [6, 6.07) is 16.8. The lowest BCUT2D eigenvalue weighted by Gasteiger charge is -2.41. The Morgan fingerprint density at radius 1 is 0.755 bits per heavy atom. The number of piperidine rings is 2. The molecular weight excluding hydrogens is 612 g/mol. The van der Waals surface area contributed by atoms with Crippen molar-refractivity contribution in [2.75, 3.05) is 47.3 Å².